The second-order valence-electron chi connectivity index (χ2n) is 7.00. The van der Waals surface area contributed by atoms with Gasteiger partial charge in [-0.1, -0.05) is 0 Å². The number of hydrogen-bond acceptors (Lipinski definition) is 8. The van der Waals surface area contributed by atoms with E-state index >= 15 is 0 Å². The zero-order valence-electron chi connectivity index (χ0n) is 16.4. The third kappa shape index (κ3) is 12.0. The van der Waals surface area contributed by atoms with Crippen molar-refractivity contribution in [2.75, 3.05) is 78.5 Å². The molecule has 1 aliphatic rings. The van der Waals surface area contributed by atoms with Gasteiger partial charge in [0.15, 0.2) is 0 Å². The van der Waals surface area contributed by atoms with Crippen LogP contribution in [-0.4, -0.2) is 142 Å². The van der Waals surface area contributed by atoms with Crippen LogP contribution in [0.4, 0.5) is 0 Å². The highest BCUT2D eigenvalue weighted by atomic mass is 16.4. The van der Waals surface area contributed by atoms with E-state index in [2.05, 4.69) is 0 Å². The van der Waals surface area contributed by atoms with E-state index in [0.717, 1.165) is 0 Å². The summed E-state index contributed by atoms with van der Waals surface area (Å²) in [6.07, 6.45) is -0.0652. The van der Waals surface area contributed by atoms with E-state index in [1.165, 1.54) is 0 Å². The maximum atomic E-state index is 11.1. The van der Waals surface area contributed by atoms with Crippen LogP contribution in [-0.2, 0) is 19.2 Å². The lowest BCUT2D eigenvalue weighted by Gasteiger charge is -2.32. The maximum absolute atomic E-state index is 11.1. The molecule has 0 unspecified atom stereocenters. The van der Waals surface area contributed by atoms with Crippen LogP contribution in [0.3, 0.4) is 0 Å². The van der Waals surface area contributed by atoms with E-state index in [4.69, 9.17) is 20.4 Å². The molecule has 166 valence electrons. The highest BCUT2D eigenvalue weighted by molar-refractivity contribution is 5.70. The number of carboxylic acid groups (broad SMARTS) is 4. The first-order chi connectivity index (χ1) is 13.7. The molecule has 1 saturated heterocycles. The topological polar surface area (TPSA) is 162 Å². The van der Waals surface area contributed by atoms with Crippen molar-refractivity contribution in [2.45, 2.75) is 6.42 Å². The van der Waals surface area contributed by atoms with Crippen LogP contribution in [0.15, 0.2) is 0 Å². The highest BCUT2D eigenvalue weighted by Gasteiger charge is 2.20. The van der Waals surface area contributed by atoms with Gasteiger partial charge in [0.2, 0.25) is 0 Å². The van der Waals surface area contributed by atoms with E-state index < -0.39 is 23.9 Å². The molecule has 1 heterocycles. The Labute approximate surface area is 168 Å². The lowest BCUT2D eigenvalue weighted by molar-refractivity contribution is -0.140. The minimum Gasteiger partial charge on any atom is -0.481 e. The van der Waals surface area contributed by atoms with E-state index in [0.29, 0.717) is 52.4 Å². The second-order valence-corrected chi connectivity index (χ2v) is 7.00. The third-order valence-corrected chi connectivity index (χ3v) is 4.65. The molecule has 4 N–H and O–H groups in total. The fourth-order valence-electron chi connectivity index (χ4n) is 3.10. The minimum atomic E-state index is -1.01. The molecule has 12 nitrogen and oxygen atoms in total. The summed E-state index contributed by atoms with van der Waals surface area (Å²) in [4.78, 5) is 51.2. The molecule has 12 heteroatoms. The smallest absolute Gasteiger partial charge is 0.317 e. The van der Waals surface area contributed by atoms with Crippen LogP contribution < -0.4 is 0 Å². The van der Waals surface area contributed by atoms with Crippen molar-refractivity contribution in [3.8, 4) is 0 Å². The first-order valence-corrected chi connectivity index (χ1v) is 9.42. The van der Waals surface area contributed by atoms with Gasteiger partial charge in [0.05, 0.1) is 26.1 Å². The normalized spacial score (nSPS) is 19.2. The maximum Gasteiger partial charge on any atom is 0.317 e. The molecule has 0 atom stereocenters. The van der Waals surface area contributed by atoms with E-state index in [1.54, 1.807) is 14.7 Å². The molecule has 0 bridgehead atoms. The van der Waals surface area contributed by atoms with Gasteiger partial charge in [0, 0.05) is 58.9 Å². The molecule has 0 saturated carbocycles. The van der Waals surface area contributed by atoms with Gasteiger partial charge in [-0.25, -0.2) is 0 Å². The molecule has 0 aromatic rings. The number of hydrogen-bond donors (Lipinski definition) is 4. The Balaban J connectivity index is 2.89. The minimum absolute atomic E-state index is 0.0652. The largest absolute Gasteiger partial charge is 0.481 e. The highest BCUT2D eigenvalue weighted by Crippen LogP contribution is 2.02. The van der Waals surface area contributed by atoms with Crippen molar-refractivity contribution in [1.82, 2.24) is 19.6 Å². The van der Waals surface area contributed by atoms with Crippen LogP contribution in [0.5, 0.6) is 0 Å². The van der Waals surface area contributed by atoms with Gasteiger partial charge in [-0.05, 0) is 0 Å². The van der Waals surface area contributed by atoms with Crippen LogP contribution in [0.2, 0.25) is 0 Å². The lowest BCUT2D eigenvalue weighted by atomic mass is 10.3. The summed E-state index contributed by atoms with van der Waals surface area (Å²) >= 11 is 0. The number of carboxylic acids is 4. The average Bonchev–Trinajstić information content (AvgIpc) is 2.59. The summed E-state index contributed by atoms with van der Waals surface area (Å²) in [7, 11) is 0. The van der Waals surface area contributed by atoms with Crippen molar-refractivity contribution < 1.29 is 39.6 Å². The molecule has 0 aromatic heterocycles. The number of nitrogens with zero attached hydrogens (tertiary/aromatic N) is 4. The van der Waals surface area contributed by atoms with Crippen LogP contribution >= 0.6 is 0 Å². The summed E-state index contributed by atoms with van der Waals surface area (Å²) in [6.45, 7) is 2.63. The number of carbonyl (C=O) groups is 4. The Morgan fingerprint density at radius 1 is 0.483 bits per heavy atom. The van der Waals surface area contributed by atoms with Gasteiger partial charge in [0.1, 0.15) is 0 Å². The molecule has 1 fully saturated rings. The molecule has 1 aliphatic heterocycles. The Kier molecular flexibility index (Phi) is 11.1. The van der Waals surface area contributed by atoms with Gasteiger partial charge in [-0.2, -0.15) is 0 Å². The average molecular weight is 418 g/mol. The Hall–Kier alpha value is -2.28. The summed E-state index contributed by atoms with van der Waals surface area (Å²) in [5.74, 6) is -3.94. The molecule has 0 radical (unpaired) electrons. The van der Waals surface area contributed by atoms with Gasteiger partial charge in [-0.15, -0.1) is 0 Å². The van der Waals surface area contributed by atoms with E-state index in [9.17, 15) is 19.2 Å². The zero-order chi connectivity index (χ0) is 21.8. The van der Waals surface area contributed by atoms with Crippen LogP contribution in [0.1, 0.15) is 6.42 Å². The molecular weight excluding hydrogens is 388 g/mol. The first-order valence-electron chi connectivity index (χ1n) is 9.42. The summed E-state index contributed by atoms with van der Waals surface area (Å²) in [6, 6.07) is 0. The Morgan fingerprint density at radius 2 is 0.759 bits per heavy atom. The molecule has 0 aromatic carbocycles. The monoisotopic (exact) mass is 418 g/mol. The van der Waals surface area contributed by atoms with Crippen molar-refractivity contribution in [3.63, 3.8) is 0 Å². The Bertz CT molecular complexity index is 542. The van der Waals surface area contributed by atoms with Crippen LogP contribution in [0.25, 0.3) is 0 Å². The fraction of sp³-hybridized carbons (Fsp3) is 0.765. The fourth-order valence-corrected chi connectivity index (χ4v) is 3.10. The van der Waals surface area contributed by atoms with Crippen molar-refractivity contribution in [2.24, 2.45) is 0 Å². The van der Waals surface area contributed by atoms with E-state index in [1.807, 2.05) is 4.90 Å². The lowest BCUT2D eigenvalue weighted by Crippen LogP contribution is -2.48. The van der Waals surface area contributed by atoms with Gasteiger partial charge < -0.3 is 25.3 Å². The van der Waals surface area contributed by atoms with E-state index in [-0.39, 0.29) is 32.6 Å². The second kappa shape index (κ2) is 13.0. The van der Waals surface area contributed by atoms with Crippen LogP contribution in [0, 0.1) is 0 Å². The number of aliphatic carboxylic acids is 4. The quantitative estimate of drug-likeness (QED) is 0.324. The van der Waals surface area contributed by atoms with Gasteiger partial charge in [-0.3, -0.25) is 33.9 Å². The summed E-state index contributed by atoms with van der Waals surface area (Å²) < 4.78 is 0. The van der Waals surface area contributed by atoms with Gasteiger partial charge >= 0.3 is 23.9 Å². The van der Waals surface area contributed by atoms with Crippen molar-refractivity contribution >= 4 is 23.9 Å². The first kappa shape index (κ1) is 24.8. The standard InChI is InChI=1S/C17H30N4O8/c22-14(23)1-2-18-3-5-19(11-15(24)25)7-9-21(13-17(28)29)10-8-20(6-4-18)12-16(26)27/h1-13H2,(H,22,23)(H,24,25)(H,26,27)(H,28,29). The molecule has 0 amide bonds. The van der Waals surface area contributed by atoms with Crippen molar-refractivity contribution in [3.05, 3.63) is 0 Å². The van der Waals surface area contributed by atoms with Gasteiger partial charge in [0.25, 0.3) is 0 Å². The molecule has 0 aliphatic carbocycles. The number of rotatable bonds is 9. The predicted octanol–water partition coefficient (Wildman–Crippen LogP) is -2.06. The summed E-state index contributed by atoms with van der Waals surface area (Å²) in [5, 5.41) is 36.3. The summed E-state index contributed by atoms with van der Waals surface area (Å²) in [5.41, 5.74) is 0. The SMILES string of the molecule is O=C(O)CCN1CCN(CC(=O)O)CCN(CC(=O)O)CCN(CC(=O)O)CC1. The Morgan fingerprint density at radius 3 is 1.00 bits per heavy atom. The zero-order valence-corrected chi connectivity index (χ0v) is 16.4. The third-order valence-electron chi connectivity index (χ3n) is 4.65. The molecule has 0 spiro atoms. The molecule has 29 heavy (non-hydrogen) atoms. The van der Waals surface area contributed by atoms with Crippen molar-refractivity contribution in [1.29, 1.82) is 0 Å². The predicted molar refractivity (Wildman–Crippen MR) is 101 cm³/mol. The molecular formula is C17H30N4O8. The molecule has 1 rings (SSSR count).